The van der Waals surface area contributed by atoms with Crippen LogP contribution < -0.4 is 5.43 Å². The van der Waals surface area contributed by atoms with Crippen LogP contribution in [0.5, 0.6) is 0 Å². The van der Waals surface area contributed by atoms with Gasteiger partial charge in [0.15, 0.2) is 0 Å². The Bertz CT molecular complexity index is 731. The molecule has 1 N–H and O–H groups in total. The maximum absolute atomic E-state index is 10.9. The van der Waals surface area contributed by atoms with Crippen molar-refractivity contribution < 1.29 is 9.85 Å². The number of nitrogens with zero attached hydrogens (tertiary/aromatic N) is 3. The Kier molecular flexibility index (Phi) is 4.60. The third-order valence-electron chi connectivity index (χ3n) is 2.36. The van der Waals surface area contributed by atoms with Gasteiger partial charge in [0.2, 0.25) is 0 Å². The van der Waals surface area contributed by atoms with Gasteiger partial charge in [-0.1, -0.05) is 0 Å². The van der Waals surface area contributed by atoms with Gasteiger partial charge in [0.25, 0.3) is 5.69 Å². The molecule has 1 heterocycles. The van der Waals surface area contributed by atoms with Gasteiger partial charge in [-0.3, -0.25) is 25.7 Å². The fourth-order valence-electron chi connectivity index (χ4n) is 1.44. The van der Waals surface area contributed by atoms with Gasteiger partial charge in [-0.2, -0.15) is 5.10 Å². The largest absolute Gasteiger partial charge is 0.301 e. The first-order valence-electron chi connectivity index (χ1n) is 5.44. The molecule has 0 unspecified atom stereocenters. The lowest BCUT2D eigenvalue weighted by atomic mass is 10.2. The maximum Gasteiger partial charge on any atom is 0.301 e. The molecule has 1 aromatic heterocycles. The van der Waals surface area contributed by atoms with E-state index in [-0.39, 0.29) is 11.4 Å². The molecule has 0 bridgehead atoms. The number of nitro benzene ring substituents is 2. The number of anilines is 1. The zero-order valence-electron chi connectivity index (χ0n) is 10.2. The van der Waals surface area contributed by atoms with Crippen LogP contribution in [0.25, 0.3) is 0 Å². The number of hydrogen-bond acceptors (Lipinski definition) is 7. The standard InChI is InChI=1S/C11H7BrN4O4S/c12-11-4-2-8(21-11)6-13-14-9-3-1-7(15(17)18)5-10(9)16(19)20/h1-6,14H. The second kappa shape index (κ2) is 6.41. The van der Waals surface area contributed by atoms with Gasteiger partial charge in [-0.15, -0.1) is 11.3 Å². The van der Waals surface area contributed by atoms with Crippen LogP contribution in [0, 0.1) is 20.2 Å². The summed E-state index contributed by atoms with van der Waals surface area (Å²) in [6.45, 7) is 0. The van der Waals surface area contributed by atoms with Crippen LogP contribution in [0.1, 0.15) is 4.88 Å². The minimum atomic E-state index is -0.702. The SMILES string of the molecule is O=[N+]([O-])c1ccc(NN=Cc2ccc(Br)s2)c([N+](=O)[O-])c1. The zero-order valence-corrected chi connectivity index (χ0v) is 12.6. The Morgan fingerprint density at radius 1 is 1.19 bits per heavy atom. The van der Waals surface area contributed by atoms with Crippen molar-refractivity contribution in [2.24, 2.45) is 5.10 Å². The van der Waals surface area contributed by atoms with Gasteiger partial charge >= 0.3 is 5.69 Å². The molecule has 0 aliphatic heterocycles. The molecule has 10 heteroatoms. The summed E-state index contributed by atoms with van der Waals surface area (Å²) in [7, 11) is 0. The second-order valence-corrected chi connectivity index (χ2v) is 6.22. The molecule has 1 aromatic carbocycles. The fraction of sp³-hybridized carbons (Fsp3) is 0. The quantitative estimate of drug-likeness (QED) is 0.489. The summed E-state index contributed by atoms with van der Waals surface area (Å²) < 4.78 is 0.935. The van der Waals surface area contributed by atoms with E-state index in [2.05, 4.69) is 26.5 Å². The molecule has 21 heavy (non-hydrogen) atoms. The van der Waals surface area contributed by atoms with Crippen molar-refractivity contribution in [3.63, 3.8) is 0 Å². The second-order valence-electron chi connectivity index (χ2n) is 3.73. The topological polar surface area (TPSA) is 111 Å². The molecule has 8 nitrogen and oxygen atoms in total. The van der Waals surface area contributed by atoms with Crippen molar-refractivity contribution in [3.8, 4) is 0 Å². The molecule has 0 fully saturated rings. The van der Waals surface area contributed by atoms with Gasteiger partial charge in [0.05, 0.1) is 25.9 Å². The number of nitro groups is 2. The summed E-state index contributed by atoms with van der Waals surface area (Å²) >= 11 is 4.75. The van der Waals surface area contributed by atoms with E-state index in [9.17, 15) is 20.2 Å². The van der Waals surface area contributed by atoms with Crippen molar-refractivity contribution >= 4 is 50.5 Å². The van der Waals surface area contributed by atoms with E-state index in [1.165, 1.54) is 29.7 Å². The number of halogens is 1. The predicted octanol–water partition coefficient (Wildman–Crippen LogP) is 3.77. The van der Waals surface area contributed by atoms with E-state index < -0.39 is 15.5 Å². The lowest BCUT2D eigenvalue weighted by molar-refractivity contribution is -0.393. The van der Waals surface area contributed by atoms with Crippen LogP contribution in [0.4, 0.5) is 17.1 Å². The number of thiophene rings is 1. The summed E-state index contributed by atoms with van der Waals surface area (Å²) in [5, 5.41) is 25.4. The molecular formula is C11H7BrN4O4S. The molecule has 0 radical (unpaired) electrons. The maximum atomic E-state index is 10.9. The van der Waals surface area contributed by atoms with Gasteiger partial charge in [-0.05, 0) is 34.1 Å². The fourth-order valence-corrected chi connectivity index (χ4v) is 2.74. The first kappa shape index (κ1) is 15.1. The predicted molar refractivity (Wildman–Crippen MR) is 83.0 cm³/mol. The minimum Gasteiger partial charge on any atom is -0.272 e. The number of hydrazone groups is 1. The molecule has 2 rings (SSSR count). The van der Waals surface area contributed by atoms with Crippen LogP contribution >= 0.6 is 27.3 Å². The summed E-state index contributed by atoms with van der Waals surface area (Å²) in [6.07, 6.45) is 1.50. The highest BCUT2D eigenvalue weighted by molar-refractivity contribution is 9.11. The summed E-state index contributed by atoms with van der Waals surface area (Å²) in [4.78, 5) is 21.0. The van der Waals surface area contributed by atoms with E-state index in [4.69, 9.17) is 0 Å². The Balaban J connectivity index is 2.21. The summed E-state index contributed by atoms with van der Waals surface area (Å²) in [5.41, 5.74) is 1.84. The van der Waals surface area contributed by atoms with Crippen LogP contribution in [0.2, 0.25) is 0 Å². The molecule has 0 atom stereocenters. The van der Waals surface area contributed by atoms with E-state index in [0.717, 1.165) is 14.7 Å². The van der Waals surface area contributed by atoms with Crippen molar-refractivity contribution in [2.45, 2.75) is 0 Å². The third-order valence-corrected chi connectivity index (χ3v) is 3.92. The number of benzene rings is 1. The van der Waals surface area contributed by atoms with E-state index in [1.807, 2.05) is 12.1 Å². The first-order valence-corrected chi connectivity index (χ1v) is 7.05. The third kappa shape index (κ3) is 3.83. The van der Waals surface area contributed by atoms with Crippen molar-refractivity contribution in [3.05, 3.63) is 59.2 Å². The molecular weight excluding hydrogens is 364 g/mol. The highest BCUT2D eigenvalue weighted by Crippen LogP contribution is 2.29. The molecule has 0 aliphatic rings. The Hall–Kier alpha value is -2.33. The highest BCUT2D eigenvalue weighted by atomic mass is 79.9. The summed E-state index contributed by atoms with van der Waals surface area (Å²) in [6, 6.07) is 6.98. The number of rotatable bonds is 5. The lowest BCUT2D eigenvalue weighted by Gasteiger charge is -2.01. The molecule has 0 saturated heterocycles. The van der Waals surface area contributed by atoms with E-state index in [1.54, 1.807) is 0 Å². The van der Waals surface area contributed by atoms with Gasteiger partial charge < -0.3 is 0 Å². The first-order chi connectivity index (χ1) is 9.97. The van der Waals surface area contributed by atoms with E-state index >= 15 is 0 Å². The van der Waals surface area contributed by atoms with Crippen molar-refractivity contribution in [1.29, 1.82) is 0 Å². The Labute approximate surface area is 130 Å². The molecule has 0 saturated carbocycles. The lowest BCUT2D eigenvalue weighted by Crippen LogP contribution is -1.98. The van der Waals surface area contributed by atoms with Crippen molar-refractivity contribution in [1.82, 2.24) is 0 Å². The molecule has 0 amide bonds. The number of nitrogens with one attached hydrogen (secondary N) is 1. The Morgan fingerprint density at radius 2 is 1.95 bits per heavy atom. The Morgan fingerprint density at radius 3 is 2.52 bits per heavy atom. The monoisotopic (exact) mass is 370 g/mol. The smallest absolute Gasteiger partial charge is 0.272 e. The van der Waals surface area contributed by atoms with Gasteiger partial charge in [-0.25, -0.2) is 0 Å². The normalized spacial score (nSPS) is 10.7. The van der Waals surface area contributed by atoms with Crippen molar-refractivity contribution in [2.75, 3.05) is 5.43 Å². The van der Waals surface area contributed by atoms with E-state index in [0.29, 0.717) is 0 Å². The molecule has 108 valence electrons. The van der Waals surface area contributed by atoms with Gasteiger partial charge in [0, 0.05) is 10.9 Å². The summed E-state index contributed by atoms with van der Waals surface area (Å²) in [5.74, 6) is 0. The zero-order chi connectivity index (χ0) is 15.4. The number of hydrogen-bond donors (Lipinski definition) is 1. The minimum absolute atomic E-state index is 0.0810. The average Bonchev–Trinajstić information content (AvgIpc) is 2.84. The molecule has 0 aliphatic carbocycles. The molecule has 0 spiro atoms. The van der Waals surface area contributed by atoms with Crippen LogP contribution in [-0.2, 0) is 0 Å². The van der Waals surface area contributed by atoms with Crippen LogP contribution in [-0.4, -0.2) is 16.1 Å². The number of non-ortho nitro benzene ring substituents is 1. The highest BCUT2D eigenvalue weighted by Gasteiger charge is 2.18. The van der Waals surface area contributed by atoms with Crippen LogP contribution in [0.3, 0.4) is 0 Å². The molecule has 2 aromatic rings. The van der Waals surface area contributed by atoms with Crippen LogP contribution in [0.15, 0.2) is 39.2 Å². The average molecular weight is 371 g/mol. The van der Waals surface area contributed by atoms with Gasteiger partial charge in [0.1, 0.15) is 5.69 Å².